The van der Waals surface area contributed by atoms with Crippen LogP contribution in [0.25, 0.3) is 32.3 Å². The van der Waals surface area contributed by atoms with E-state index in [4.69, 9.17) is 0 Å². The molecule has 2 N–H and O–H groups in total. The maximum atomic E-state index is 10.1. The quantitative estimate of drug-likeness (QED) is 0.346. The van der Waals surface area contributed by atoms with E-state index in [9.17, 15) is 10.2 Å². The van der Waals surface area contributed by atoms with Crippen molar-refractivity contribution in [1.82, 2.24) is 0 Å². The topological polar surface area (TPSA) is 40.5 Å². The minimum absolute atomic E-state index is 0.0513. The zero-order chi connectivity index (χ0) is 15.4. The molecule has 0 aromatic heterocycles. The van der Waals surface area contributed by atoms with Gasteiger partial charge >= 0.3 is 0 Å². The van der Waals surface area contributed by atoms with Crippen molar-refractivity contribution in [1.29, 1.82) is 0 Å². The van der Waals surface area contributed by atoms with Gasteiger partial charge in [0.2, 0.25) is 0 Å². The molecule has 22 heavy (non-hydrogen) atoms. The fourth-order valence-electron chi connectivity index (χ4n) is 3.44. The molecule has 0 aliphatic heterocycles. The van der Waals surface area contributed by atoms with Gasteiger partial charge < -0.3 is 10.2 Å². The van der Waals surface area contributed by atoms with E-state index in [-0.39, 0.29) is 11.5 Å². The fourth-order valence-corrected chi connectivity index (χ4v) is 3.44. The Morgan fingerprint density at radius 3 is 1.95 bits per heavy atom. The molecule has 0 aliphatic carbocycles. The minimum Gasteiger partial charge on any atom is -0.504 e. The number of rotatable bonds is 0. The van der Waals surface area contributed by atoms with Crippen LogP contribution in [-0.2, 0) is 0 Å². The molecule has 0 aliphatic rings. The second kappa shape index (κ2) is 4.38. The third kappa shape index (κ3) is 1.55. The van der Waals surface area contributed by atoms with Crippen LogP contribution < -0.4 is 0 Å². The molecule has 0 heterocycles. The molecule has 0 radical (unpaired) electrons. The zero-order valence-corrected chi connectivity index (χ0v) is 12.5. The zero-order valence-electron chi connectivity index (χ0n) is 12.5. The summed E-state index contributed by atoms with van der Waals surface area (Å²) >= 11 is 0. The summed E-state index contributed by atoms with van der Waals surface area (Å²) in [6.07, 6.45) is 0. The lowest BCUT2D eigenvalue weighted by molar-refractivity contribution is 0.408. The molecular formula is C20H16O2. The van der Waals surface area contributed by atoms with E-state index in [1.165, 1.54) is 27.3 Å². The van der Waals surface area contributed by atoms with Crippen molar-refractivity contribution in [3.05, 3.63) is 59.7 Å². The van der Waals surface area contributed by atoms with Gasteiger partial charge in [0.15, 0.2) is 11.5 Å². The van der Waals surface area contributed by atoms with Gasteiger partial charge in [0.1, 0.15) is 0 Å². The van der Waals surface area contributed by atoms with Gasteiger partial charge in [-0.2, -0.15) is 0 Å². The van der Waals surface area contributed by atoms with E-state index in [0.717, 1.165) is 10.8 Å². The standard InChI is InChI=1S/C20H16O2/c1-11-12(2)19-15(14-6-4-3-5-13(11)14)7-8-17-16(19)9-10-18(21)20(17)22/h3-10,21-22H,1-2H3. The molecule has 0 atom stereocenters. The first-order chi connectivity index (χ1) is 10.6. The smallest absolute Gasteiger partial charge is 0.165 e. The lowest BCUT2D eigenvalue weighted by atomic mass is 9.90. The highest BCUT2D eigenvalue weighted by atomic mass is 16.3. The summed E-state index contributed by atoms with van der Waals surface area (Å²) in [4.78, 5) is 0. The van der Waals surface area contributed by atoms with Crippen LogP contribution in [0, 0.1) is 13.8 Å². The van der Waals surface area contributed by atoms with Crippen LogP contribution in [0.4, 0.5) is 0 Å². The maximum absolute atomic E-state index is 10.1. The van der Waals surface area contributed by atoms with E-state index in [0.29, 0.717) is 5.39 Å². The molecule has 4 rings (SSSR count). The largest absolute Gasteiger partial charge is 0.504 e. The first kappa shape index (κ1) is 13.0. The lowest BCUT2D eigenvalue weighted by Crippen LogP contribution is -1.90. The molecule has 108 valence electrons. The van der Waals surface area contributed by atoms with Crippen molar-refractivity contribution in [2.45, 2.75) is 13.8 Å². The Kier molecular flexibility index (Phi) is 2.58. The van der Waals surface area contributed by atoms with Crippen molar-refractivity contribution >= 4 is 32.3 Å². The molecule has 4 aromatic rings. The van der Waals surface area contributed by atoms with E-state index >= 15 is 0 Å². The second-order valence-electron chi connectivity index (χ2n) is 5.81. The Labute approximate surface area is 128 Å². The van der Waals surface area contributed by atoms with Crippen LogP contribution in [0.3, 0.4) is 0 Å². The van der Waals surface area contributed by atoms with Gasteiger partial charge in [-0.1, -0.05) is 30.3 Å². The number of fused-ring (bicyclic) bond motifs is 5. The van der Waals surface area contributed by atoms with Crippen molar-refractivity contribution in [3.8, 4) is 11.5 Å². The van der Waals surface area contributed by atoms with Gasteiger partial charge in [-0.15, -0.1) is 0 Å². The number of phenolic OH excluding ortho intramolecular Hbond substituents is 2. The first-order valence-electron chi connectivity index (χ1n) is 7.35. The lowest BCUT2D eigenvalue weighted by Gasteiger charge is -2.15. The highest BCUT2D eigenvalue weighted by Gasteiger charge is 2.13. The molecule has 0 unspecified atom stereocenters. The van der Waals surface area contributed by atoms with Gasteiger partial charge in [-0.3, -0.25) is 0 Å². The van der Waals surface area contributed by atoms with Crippen molar-refractivity contribution in [2.75, 3.05) is 0 Å². The number of hydrogen-bond acceptors (Lipinski definition) is 2. The van der Waals surface area contributed by atoms with E-state index in [2.05, 4.69) is 38.1 Å². The summed E-state index contributed by atoms with van der Waals surface area (Å²) in [5, 5.41) is 26.3. The number of hydrogen-bond donors (Lipinski definition) is 2. The third-order valence-corrected chi connectivity index (χ3v) is 4.71. The molecule has 0 fully saturated rings. The Bertz CT molecular complexity index is 1060. The number of phenols is 2. The number of aromatic hydroxyl groups is 2. The summed E-state index contributed by atoms with van der Waals surface area (Å²) in [7, 11) is 0. The van der Waals surface area contributed by atoms with Gasteiger partial charge in [0.25, 0.3) is 0 Å². The minimum atomic E-state index is -0.0815. The Morgan fingerprint density at radius 2 is 1.18 bits per heavy atom. The Morgan fingerprint density at radius 1 is 0.591 bits per heavy atom. The van der Waals surface area contributed by atoms with Crippen molar-refractivity contribution in [2.24, 2.45) is 0 Å². The SMILES string of the molecule is Cc1c(C)c2c3ccc(O)c(O)c3ccc2c2ccccc12. The van der Waals surface area contributed by atoms with Gasteiger partial charge in [0.05, 0.1) is 0 Å². The molecule has 0 bridgehead atoms. The Balaban J connectivity index is 2.35. The highest BCUT2D eigenvalue weighted by Crippen LogP contribution is 2.41. The molecule has 2 heteroatoms. The summed E-state index contributed by atoms with van der Waals surface area (Å²) in [5.74, 6) is -0.133. The number of aryl methyl sites for hydroxylation is 2. The molecule has 0 spiro atoms. The van der Waals surface area contributed by atoms with Gasteiger partial charge in [0, 0.05) is 5.39 Å². The third-order valence-electron chi connectivity index (χ3n) is 4.71. The van der Waals surface area contributed by atoms with Crippen LogP contribution in [0.2, 0.25) is 0 Å². The average molecular weight is 288 g/mol. The van der Waals surface area contributed by atoms with Crippen LogP contribution in [0.1, 0.15) is 11.1 Å². The van der Waals surface area contributed by atoms with E-state index < -0.39 is 0 Å². The van der Waals surface area contributed by atoms with Crippen molar-refractivity contribution in [3.63, 3.8) is 0 Å². The van der Waals surface area contributed by atoms with E-state index in [1.807, 2.05) is 18.2 Å². The molecule has 0 saturated heterocycles. The predicted octanol–water partition coefficient (Wildman–Crippen LogP) is 5.17. The molecule has 4 aromatic carbocycles. The van der Waals surface area contributed by atoms with Crippen LogP contribution in [0.5, 0.6) is 11.5 Å². The van der Waals surface area contributed by atoms with Crippen molar-refractivity contribution < 1.29 is 10.2 Å². The average Bonchev–Trinajstić information content (AvgIpc) is 2.55. The molecule has 2 nitrogen and oxygen atoms in total. The second-order valence-corrected chi connectivity index (χ2v) is 5.81. The summed E-state index contributed by atoms with van der Waals surface area (Å²) in [5.41, 5.74) is 2.47. The molecule has 0 saturated carbocycles. The van der Waals surface area contributed by atoms with Gasteiger partial charge in [-0.05, 0) is 70.1 Å². The van der Waals surface area contributed by atoms with E-state index in [1.54, 1.807) is 6.07 Å². The summed E-state index contributed by atoms with van der Waals surface area (Å²) in [6, 6.07) is 15.8. The molecule has 0 amide bonds. The van der Waals surface area contributed by atoms with Gasteiger partial charge in [-0.25, -0.2) is 0 Å². The molecular weight excluding hydrogens is 272 g/mol. The maximum Gasteiger partial charge on any atom is 0.165 e. The summed E-state index contributed by atoms with van der Waals surface area (Å²) < 4.78 is 0. The Hall–Kier alpha value is -2.74. The van der Waals surface area contributed by atoms with Crippen LogP contribution in [0.15, 0.2) is 48.5 Å². The highest BCUT2D eigenvalue weighted by molar-refractivity contribution is 6.20. The predicted molar refractivity (Wildman–Crippen MR) is 91.8 cm³/mol. The summed E-state index contributed by atoms with van der Waals surface area (Å²) in [6.45, 7) is 4.25. The number of benzene rings is 4. The normalized spacial score (nSPS) is 11.5. The first-order valence-corrected chi connectivity index (χ1v) is 7.35. The van der Waals surface area contributed by atoms with Crippen LogP contribution in [-0.4, -0.2) is 10.2 Å². The van der Waals surface area contributed by atoms with Crippen LogP contribution >= 0.6 is 0 Å². The monoisotopic (exact) mass is 288 g/mol. The fraction of sp³-hybridized carbons (Fsp3) is 0.100.